The van der Waals surface area contributed by atoms with Crippen molar-refractivity contribution in [1.82, 2.24) is 10.2 Å². The molecule has 3 rings (SSSR count). The zero-order valence-corrected chi connectivity index (χ0v) is 16.0. The molecule has 1 saturated heterocycles. The van der Waals surface area contributed by atoms with Gasteiger partial charge >= 0.3 is 6.03 Å². The molecule has 1 atom stereocenters. The van der Waals surface area contributed by atoms with Crippen LogP contribution >= 0.6 is 15.9 Å². The molecule has 2 N–H and O–H groups in total. The molecule has 1 aliphatic heterocycles. The Hall–Kier alpha value is -2.34. The summed E-state index contributed by atoms with van der Waals surface area (Å²) < 4.78 is 0.939. The second-order valence-corrected chi connectivity index (χ2v) is 7.30. The van der Waals surface area contributed by atoms with E-state index in [4.69, 9.17) is 0 Å². The molecule has 0 radical (unpaired) electrons. The second-order valence-electron chi connectivity index (χ2n) is 6.38. The number of carbonyl (C=O) groups excluding carboxylic acids is 2. The maximum atomic E-state index is 12.9. The predicted octanol–water partition coefficient (Wildman–Crippen LogP) is 3.80. The lowest BCUT2D eigenvalue weighted by Crippen LogP contribution is -2.50. The molecule has 0 spiro atoms. The summed E-state index contributed by atoms with van der Waals surface area (Å²) in [6.07, 6.45) is 2.52. The highest BCUT2D eigenvalue weighted by atomic mass is 79.9. The van der Waals surface area contributed by atoms with Crippen molar-refractivity contribution in [1.29, 1.82) is 0 Å². The molecule has 2 aromatic rings. The average molecular weight is 416 g/mol. The number of hydrogen-bond donors (Lipinski definition) is 2. The van der Waals surface area contributed by atoms with Gasteiger partial charge in [-0.05, 0) is 42.7 Å². The highest BCUT2D eigenvalue weighted by Gasteiger charge is 2.28. The first-order chi connectivity index (χ1) is 12.6. The molecule has 1 heterocycles. The van der Waals surface area contributed by atoms with Gasteiger partial charge in [0.25, 0.3) is 0 Å². The van der Waals surface area contributed by atoms with Crippen molar-refractivity contribution in [3.63, 3.8) is 0 Å². The van der Waals surface area contributed by atoms with E-state index < -0.39 is 6.04 Å². The topological polar surface area (TPSA) is 61.4 Å². The Bertz CT molecular complexity index is 743. The molecule has 5 nitrogen and oxygen atoms in total. The number of carbonyl (C=O) groups is 2. The van der Waals surface area contributed by atoms with Crippen LogP contribution < -0.4 is 10.6 Å². The normalized spacial score (nSPS) is 14.7. The molecule has 3 amide bonds. The summed E-state index contributed by atoms with van der Waals surface area (Å²) in [5.74, 6) is -0.0164. The lowest BCUT2D eigenvalue weighted by molar-refractivity contribution is -0.132. The first-order valence-electron chi connectivity index (χ1n) is 8.77. The monoisotopic (exact) mass is 415 g/mol. The standard InChI is InChI=1S/C20H22BrN3O2/c21-16-8-10-17(11-9-16)22-20(26)23-18(14-15-6-2-1-3-7-15)19(25)24-12-4-5-13-24/h1-3,6-11,18H,4-5,12-14H2,(H2,22,23,26)/t18-/m0/s1. The smallest absolute Gasteiger partial charge is 0.319 e. The van der Waals surface area contributed by atoms with Crippen molar-refractivity contribution >= 4 is 33.6 Å². The molecule has 0 aromatic heterocycles. The van der Waals surface area contributed by atoms with Crippen molar-refractivity contribution in [3.8, 4) is 0 Å². The summed E-state index contributed by atoms with van der Waals surface area (Å²) in [5, 5.41) is 5.64. The van der Waals surface area contributed by atoms with Gasteiger partial charge in [0.2, 0.25) is 5.91 Å². The molecule has 1 fully saturated rings. The number of amides is 3. The van der Waals surface area contributed by atoms with Crippen molar-refractivity contribution < 1.29 is 9.59 Å². The van der Waals surface area contributed by atoms with Gasteiger partial charge in [-0.2, -0.15) is 0 Å². The number of likely N-dealkylation sites (tertiary alicyclic amines) is 1. The fourth-order valence-corrected chi connectivity index (χ4v) is 3.33. The fraction of sp³-hybridized carbons (Fsp3) is 0.300. The summed E-state index contributed by atoms with van der Waals surface area (Å²) in [5.41, 5.74) is 1.70. The third-order valence-electron chi connectivity index (χ3n) is 4.41. The molecule has 26 heavy (non-hydrogen) atoms. The number of nitrogens with zero attached hydrogens (tertiary/aromatic N) is 1. The van der Waals surface area contributed by atoms with E-state index in [0.717, 1.165) is 36.0 Å². The van der Waals surface area contributed by atoms with Gasteiger partial charge in [0.05, 0.1) is 0 Å². The fourth-order valence-electron chi connectivity index (χ4n) is 3.07. The van der Waals surface area contributed by atoms with Crippen LogP contribution in [-0.2, 0) is 11.2 Å². The number of urea groups is 1. The Balaban J connectivity index is 1.68. The van der Waals surface area contributed by atoms with Gasteiger partial charge in [-0.1, -0.05) is 46.3 Å². The number of halogens is 1. The van der Waals surface area contributed by atoms with E-state index in [0.29, 0.717) is 12.1 Å². The Morgan fingerprint density at radius 1 is 1.00 bits per heavy atom. The number of benzene rings is 2. The maximum absolute atomic E-state index is 12.9. The van der Waals surface area contributed by atoms with Crippen molar-refractivity contribution in [2.24, 2.45) is 0 Å². The van der Waals surface area contributed by atoms with Crippen molar-refractivity contribution in [3.05, 3.63) is 64.6 Å². The molecule has 0 aliphatic carbocycles. The van der Waals surface area contributed by atoms with Crippen LogP contribution in [0.1, 0.15) is 18.4 Å². The molecule has 0 saturated carbocycles. The summed E-state index contributed by atoms with van der Waals surface area (Å²) in [7, 11) is 0. The quantitative estimate of drug-likeness (QED) is 0.779. The Labute approximate surface area is 161 Å². The van der Waals surface area contributed by atoms with E-state index in [2.05, 4.69) is 26.6 Å². The van der Waals surface area contributed by atoms with Crippen LogP contribution in [0.25, 0.3) is 0 Å². The van der Waals surface area contributed by atoms with Crippen LogP contribution in [0.3, 0.4) is 0 Å². The lowest BCUT2D eigenvalue weighted by Gasteiger charge is -2.24. The zero-order valence-electron chi connectivity index (χ0n) is 14.5. The summed E-state index contributed by atoms with van der Waals surface area (Å²) in [6.45, 7) is 1.53. The van der Waals surface area contributed by atoms with E-state index in [9.17, 15) is 9.59 Å². The van der Waals surface area contributed by atoms with E-state index in [-0.39, 0.29) is 11.9 Å². The molecule has 2 aromatic carbocycles. The molecule has 1 aliphatic rings. The lowest BCUT2D eigenvalue weighted by atomic mass is 10.0. The molecular weight excluding hydrogens is 394 g/mol. The minimum atomic E-state index is -0.578. The molecule has 0 unspecified atom stereocenters. The van der Waals surface area contributed by atoms with Gasteiger partial charge in [-0.25, -0.2) is 4.79 Å². The van der Waals surface area contributed by atoms with Gasteiger partial charge in [-0.3, -0.25) is 4.79 Å². The van der Waals surface area contributed by atoms with Crippen molar-refractivity contribution in [2.75, 3.05) is 18.4 Å². The Morgan fingerprint density at radius 3 is 2.31 bits per heavy atom. The first-order valence-corrected chi connectivity index (χ1v) is 9.57. The number of rotatable bonds is 5. The largest absolute Gasteiger partial charge is 0.341 e. The SMILES string of the molecule is O=C(Nc1ccc(Br)cc1)N[C@@H](Cc1ccccc1)C(=O)N1CCCC1. The van der Waals surface area contributed by atoms with Crippen LogP contribution in [0.2, 0.25) is 0 Å². The van der Waals surface area contributed by atoms with Gasteiger partial charge in [0.15, 0.2) is 0 Å². The average Bonchev–Trinajstić information content (AvgIpc) is 3.18. The number of nitrogens with one attached hydrogen (secondary N) is 2. The second kappa shape index (κ2) is 8.85. The predicted molar refractivity (Wildman–Crippen MR) is 106 cm³/mol. The third-order valence-corrected chi connectivity index (χ3v) is 4.93. The molecule has 136 valence electrons. The van der Waals surface area contributed by atoms with Crippen LogP contribution in [0.15, 0.2) is 59.1 Å². The van der Waals surface area contributed by atoms with Crippen LogP contribution in [-0.4, -0.2) is 36.0 Å². The van der Waals surface area contributed by atoms with Gasteiger partial charge < -0.3 is 15.5 Å². The van der Waals surface area contributed by atoms with Gasteiger partial charge in [-0.15, -0.1) is 0 Å². The summed E-state index contributed by atoms with van der Waals surface area (Å²) in [6, 6.07) is 16.1. The van der Waals surface area contributed by atoms with Crippen LogP contribution in [0.4, 0.5) is 10.5 Å². The highest BCUT2D eigenvalue weighted by Crippen LogP contribution is 2.15. The van der Waals surface area contributed by atoms with Crippen molar-refractivity contribution in [2.45, 2.75) is 25.3 Å². The van der Waals surface area contributed by atoms with E-state index in [1.54, 1.807) is 12.1 Å². The van der Waals surface area contributed by atoms with Gasteiger partial charge in [0, 0.05) is 29.7 Å². The zero-order chi connectivity index (χ0) is 18.4. The molecule has 6 heteroatoms. The number of anilines is 1. The van der Waals surface area contributed by atoms with Crippen LogP contribution in [0, 0.1) is 0 Å². The highest BCUT2D eigenvalue weighted by molar-refractivity contribution is 9.10. The minimum absolute atomic E-state index is 0.0164. The molecule has 0 bridgehead atoms. The minimum Gasteiger partial charge on any atom is -0.341 e. The summed E-state index contributed by atoms with van der Waals surface area (Å²) in [4.78, 5) is 27.1. The first kappa shape index (κ1) is 18.5. The third kappa shape index (κ3) is 5.08. The van der Waals surface area contributed by atoms with Gasteiger partial charge in [0.1, 0.15) is 6.04 Å². The number of hydrogen-bond acceptors (Lipinski definition) is 2. The Morgan fingerprint density at radius 2 is 1.65 bits per heavy atom. The Kier molecular flexibility index (Phi) is 6.28. The molecular formula is C20H22BrN3O2. The van der Waals surface area contributed by atoms with E-state index >= 15 is 0 Å². The summed E-state index contributed by atoms with van der Waals surface area (Å²) >= 11 is 3.37. The van der Waals surface area contributed by atoms with E-state index in [1.165, 1.54) is 0 Å². The van der Waals surface area contributed by atoms with Crippen LogP contribution in [0.5, 0.6) is 0 Å². The van der Waals surface area contributed by atoms with E-state index in [1.807, 2.05) is 47.4 Å². The maximum Gasteiger partial charge on any atom is 0.319 e.